The van der Waals surface area contributed by atoms with E-state index in [1.807, 2.05) is 79.1 Å². The third kappa shape index (κ3) is 6.02. The van der Waals surface area contributed by atoms with Gasteiger partial charge >= 0.3 is 11.9 Å². The lowest BCUT2D eigenvalue weighted by Gasteiger charge is -2.16. The molecule has 2 aromatic heterocycles. The number of aromatic nitrogens is 2. The molecule has 9 nitrogen and oxygen atoms in total. The first-order valence-corrected chi connectivity index (χ1v) is 12.0. The predicted molar refractivity (Wildman–Crippen MR) is 136 cm³/mol. The van der Waals surface area contributed by atoms with Crippen molar-refractivity contribution < 1.29 is 29.3 Å². The van der Waals surface area contributed by atoms with E-state index in [4.69, 9.17) is 24.5 Å². The Morgan fingerprint density at radius 1 is 1.00 bits per heavy atom. The summed E-state index contributed by atoms with van der Waals surface area (Å²) in [4.78, 5) is 35.6. The Balaban J connectivity index is 0.000000455. The minimum Gasteiger partial charge on any atom is -0.489 e. The smallest absolute Gasteiger partial charge is 0.414 e. The summed E-state index contributed by atoms with van der Waals surface area (Å²) < 4.78 is 9.88. The number of fused-ring (bicyclic) bond motifs is 1. The molecule has 36 heavy (non-hydrogen) atoms. The molecule has 2 aromatic carbocycles. The molecule has 0 radical (unpaired) electrons. The molecule has 3 heterocycles. The van der Waals surface area contributed by atoms with Crippen LogP contribution in [0, 0.1) is 5.92 Å². The number of benzene rings is 2. The first-order valence-electron chi connectivity index (χ1n) is 11.0. The van der Waals surface area contributed by atoms with Crippen molar-refractivity contribution in [2.45, 2.75) is 6.61 Å². The molecular weight excluding hydrogens is 482 g/mol. The summed E-state index contributed by atoms with van der Waals surface area (Å²) in [5, 5.41) is 15.8. The maximum absolute atomic E-state index is 13.3. The Hall–Kier alpha value is -4.31. The fraction of sp³-hybridized carbons (Fsp3) is 0.154. The van der Waals surface area contributed by atoms with Crippen LogP contribution in [0.5, 0.6) is 5.75 Å². The number of hydrogen-bond acceptors (Lipinski definition) is 7. The highest BCUT2D eigenvalue weighted by Gasteiger charge is 2.31. The fourth-order valence-corrected chi connectivity index (χ4v) is 4.79. The van der Waals surface area contributed by atoms with Gasteiger partial charge in [-0.2, -0.15) is 0 Å². The maximum atomic E-state index is 13.3. The Morgan fingerprint density at radius 3 is 2.47 bits per heavy atom. The van der Waals surface area contributed by atoms with Gasteiger partial charge in [-0.1, -0.05) is 30.3 Å². The van der Waals surface area contributed by atoms with Gasteiger partial charge in [0.1, 0.15) is 12.4 Å². The number of aliphatic carboxylic acids is 2. The van der Waals surface area contributed by atoms with Crippen LogP contribution in [0.15, 0.2) is 85.3 Å². The van der Waals surface area contributed by atoms with Gasteiger partial charge in [-0.05, 0) is 47.8 Å². The number of hydrogen-bond donors (Lipinski definition) is 2. The number of carboxylic acids is 2. The highest BCUT2D eigenvalue weighted by molar-refractivity contribution is 8.00. The number of nitrogens with zero attached hydrogens (tertiary/aromatic N) is 3. The van der Waals surface area contributed by atoms with Crippen molar-refractivity contribution >= 4 is 46.4 Å². The summed E-state index contributed by atoms with van der Waals surface area (Å²) in [5.74, 6) is -2.08. The number of carboxylic acid groups (broad SMARTS) is 2. The van der Waals surface area contributed by atoms with E-state index in [1.54, 1.807) is 22.7 Å². The Labute approximate surface area is 211 Å². The van der Waals surface area contributed by atoms with Gasteiger partial charge in [0.25, 0.3) is 0 Å². The Bertz CT molecular complexity index is 1350. The topological polar surface area (TPSA) is 122 Å². The van der Waals surface area contributed by atoms with Crippen molar-refractivity contribution in [1.29, 1.82) is 0 Å². The monoisotopic (exact) mass is 505 g/mol. The van der Waals surface area contributed by atoms with Crippen LogP contribution in [-0.4, -0.2) is 49.9 Å². The second-order valence-electron chi connectivity index (χ2n) is 7.89. The minimum atomic E-state index is -1.82. The summed E-state index contributed by atoms with van der Waals surface area (Å²) in [6.07, 6.45) is 5.46. The summed E-state index contributed by atoms with van der Waals surface area (Å²) in [6, 6.07) is 21.9. The van der Waals surface area contributed by atoms with Gasteiger partial charge in [0.05, 0.1) is 23.3 Å². The maximum Gasteiger partial charge on any atom is 0.414 e. The normalized spacial score (nSPS) is 14.7. The molecule has 184 valence electrons. The van der Waals surface area contributed by atoms with Crippen molar-refractivity contribution in [1.82, 2.24) is 9.55 Å². The number of rotatable bonds is 5. The zero-order chi connectivity index (χ0) is 25.5. The molecule has 1 saturated heterocycles. The fourth-order valence-electron chi connectivity index (χ4n) is 3.64. The number of anilines is 1. The molecule has 1 aliphatic rings. The van der Waals surface area contributed by atoms with Crippen LogP contribution in [0.3, 0.4) is 0 Å². The molecule has 10 heteroatoms. The second kappa shape index (κ2) is 11.4. The van der Waals surface area contributed by atoms with Crippen molar-refractivity contribution in [2.24, 2.45) is 5.92 Å². The molecule has 1 aliphatic heterocycles. The zero-order valence-electron chi connectivity index (χ0n) is 19.1. The highest BCUT2D eigenvalue weighted by Crippen LogP contribution is 2.32. The van der Waals surface area contributed by atoms with Crippen LogP contribution in [0.4, 0.5) is 5.69 Å². The number of carbonyl (C=O) groups excluding carboxylic acids is 1. The van der Waals surface area contributed by atoms with Crippen molar-refractivity contribution in [3.8, 4) is 5.75 Å². The van der Waals surface area contributed by atoms with Gasteiger partial charge in [-0.15, -0.1) is 0 Å². The molecule has 5 rings (SSSR count). The van der Waals surface area contributed by atoms with Gasteiger partial charge in [0.2, 0.25) is 5.91 Å². The van der Waals surface area contributed by atoms with Gasteiger partial charge in [0, 0.05) is 36.1 Å². The minimum absolute atomic E-state index is 0.0697. The lowest BCUT2D eigenvalue weighted by Crippen LogP contribution is -2.26. The van der Waals surface area contributed by atoms with Crippen molar-refractivity contribution in [3.05, 3.63) is 90.9 Å². The van der Waals surface area contributed by atoms with Crippen LogP contribution >= 0.6 is 11.9 Å². The molecule has 0 spiro atoms. The molecule has 1 unspecified atom stereocenters. The lowest BCUT2D eigenvalue weighted by molar-refractivity contribution is -0.159. The van der Waals surface area contributed by atoms with E-state index in [9.17, 15) is 4.79 Å². The van der Waals surface area contributed by atoms with Crippen LogP contribution in [0.25, 0.3) is 10.9 Å². The van der Waals surface area contributed by atoms with E-state index < -0.39 is 11.9 Å². The molecule has 0 saturated carbocycles. The van der Waals surface area contributed by atoms with E-state index in [2.05, 4.69) is 9.29 Å². The summed E-state index contributed by atoms with van der Waals surface area (Å²) in [6.45, 7) is 1.18. The molecule has 2 N–H and O–H groups in total. The van der Waals surface area contributed by atoms with Crippen LogP contribution in [-0.2, 0) is 16.2 Å². The molecular formula is C26H23N3O6S. The lowest BCUT2D eigenvalue weighted by atomic mass is 10.1. The number of carbonyl (C=O) groups is 3. The molecule has 4 aromatic rings. The van der Waals surface area contributed by atoms with Crippen molar-refractivity contribution in [2.75, 3.05) is 16.6 Å². The van der Waals surface area contributed by atoms with E-state index in [0.29, 0.717) is 13.2 Å². The van der Waals surface area contributed by atoms with E-state index in [-0.39, 0.29) is 11.8 Å². The quantitative estimate of drug-likeness (QED) is 0.304. The van der Waals surface area contributed by atoms with Gasteiger partial charge < -0.3 is 19.3 Å². The highest BCUT2D eigenvalue weighted by atomic mass is 32.2. The molecule has 0 aliphatic carbocycles. The first kappa shape index (κ1) is 24.8. The van der Waals surface area contributed by atoms with E-state index in [0.717, 1.165) is 33.7 Å². The van der Waals surface area contributed by atoms with Crippen molar-refractivity contribution in [3.63, 3.8) is 0 Å². The standard InChI is InChI=1S/C24H21N3O2S.C2H2O4/c28-24(20-15-27(30-17-20)21-7-4-11-25-14-21)26-12-10-19-8-9-22(13-23(19)26)29-16-18-5-2-1-3-6-18;3-1(4)2(5)6/h1-14,20H,15-17H2;(H,3,4)(H,5,6). The first-order chi connectivity index (χ1) is 17.4. The molecule has 1 atom stereocenters. The van der Waals surface area contributed by atoms with Gasteiger partial charge in [-0.3, -0.25) is 14.3 Å². The van der Waals surface area contributed by atoms with Gasteiger partial charge in [0.15, 0.2) is 0 Å². The van der Waals surface area contributed by atoms with Gasteiger partial charge in [-0.25, -0.2) is 9.59 Å². The predicted octanol–water partition coefficient (Wildman–Crippen LogP) is 4.20. The summed E-state index contributed by atoms with van der Waals surface area (Å²) in [5.41, 5.74) is 3.03. The Morgan fingerprint density at radius 2 is 1.78 bits per heavy atom. The average molecular weight is 506 g/mol. The summed E-state index contributed by atoms with van der Waals surface area (Å²) >= 11 is 1.68. The zero-order valence-corrected chi connectivity index (χ0v) is 19.9. The molecule has 0 bridgehead atoms. The second-order valence-corrected chi connectivity index (χ2v) is 8.93. The Kier molecular flexibility index (Phi) is 7.86. The van der Waals surface area contributed by atoms with Crippen LogP contribution < -0.4 is 9.04 Å². The largest absolute Gasteiger partial charge is 0.489 e. The summed E-state index contributed by atoms with van der Waals surface area (Å²) in [7, 11) is 0. The average Bonchev–Trinajstić information content (AvgIpc) is 3.56. The SMILES string of the molecule is O=C(C1CSN(c2cccnc2)C1)n1ccc2ccc(OCc3ccccc3)cc21.O=C(O)C(=O)O. The number of ether oxygens (including phenoxy) is 1. The van der Waals surface area contributed by atoms with Crippen LogP contribution in [0.2, 0.25) is 0 Å². The van der Waals surface area contributed by atoms with Crippen LogP contribution in [0.1, 0.15) is 10.4 Å². The number of pyridine rings is 1. The molecule has 1 fully saturated rings. The van der Waals surface area contributed by atoms with E-state index >= 15 is 0 Å². The molecule has 0 amide bonds. The van der Waals surface area contributed by atoms with E-state index in [1.165, 1.54) is 0 Å². The third-order valence-electron chi connectivity index (χ3n) is 5.43. The third-order valence-corrected chi connectivity index (χ3v) is 6.66.